The van der Waals surface area contributed by atoms with Crippen LogP contribution in [0.3, 0.4) is 0 Å². The fraction of sp³-hybridized carbons (Fsp3) is 0.588. The minimum atomic E-state index is -0.871. The molecule has 2 N–H and O–H groups in total. The van der Waals surface area contributed by atoms with E-state index in [1.54, 1.807) is 7.11 Å². The van der Waals surface area contributed by atoms with Crippen LogP contribution >= 0.6 is 11.6 Å². The first-order chi connectivity index (χ1) is 10.6. The predicted octanol–water partition coefficient (Wildman–Crippen LogP) is 2.47. The highest BCUT2D eigenvalue weighted by Gasteiger charge is 2.40. The zero-order chi connectivity index (χ0) is 16.0. The van der Waals surface area contributed by atoms with E-state index in [4.69, 9.17) is 16.3 Å². The summed E-state index contributed by atoms with van der Waals surface area (Å²) in [7, 11) is 1.63. The second-order valence-electron chi connectivity index (χ2n) is 5.90. The van der Waals surface area contributed by atoms with Gasteiger partial charge in [0.15, 0.2) is 5.78 Å². The van der Waals surface area contributed by atoms with Crippen molar-refractivity contribution in [3.05, 3.63) is 29.8 Å². The van der Waals surface area contributed by atoms with Crippen molar-refractivity contribution in [2.45, 2.75) is 31.3 Å². The number of alkyl halides is 1. The maximum absolute atomic E-state index is 11.3. The number of halogens is 1. The van der Waals surface area contributed by atoms with Crippen LogP contribution in [0.1, 0.15) is 31.2 Å². The van der Waals surface area contributed by atoms with Gasteiger partial charge in [0.25, 0.3) is 0 Å². The Bertz CT molecular complexity index is 508. The average Bonchev–Trinajstić information content (AvgIpc) is 2.56. The minimum absolute atomic E-state index is 0.0256. The van der Waals surface area contributed by atoms with Crippen molar-refractivity contribution >= 4 is 17.4 Å². The number of methoxy groups -OCH3 is 1. The molecule has 2 unspecified atom stereocenters. The number of carbonyl (C=O) groups excluding carboxylic acids is 1. The Kier molecular flexibility index (Phi) is 6.24. The topological polar surface area (TPSA) is 58.6 Å². The Morgan fingerprint density at radius 1 is 1.50 bits per heavy atom. The molecule has 2 rings (SSSR count). The number of nitrogens with one attached hydrogen (secondary N) is 1. The molecule has 0 radical (unpaired) electrons. The molecule has 0 aliphatic heterocycles. The Labute approximate surface area is 136 Å². The third-order valence-electron chi connectivity index (χ3n) is 4.47. The quantitative estimate of drug-likeness (QED) is 0.756. The van der Waals surface area contributed by atoms with E-state index in [-0.39, 0.29) is 24.1 Å². The summed E-state index contributed by atoms with van der Waals surface area (Å²) in [5.41, 5.74) is 0.0195. The lowest BCUT2D eigenvalue weighted by molar-refractivity contribution is -0.116. The highest BCUT2D eigenvalue weighted by atomic mass is 35.5. The lowest BCUT2D eigenvalue weighted by atomic mass is 9.71. The number of aliphatic hydroxyl groups is 1. The van der Waals surface area contributed by atoms with Crippen LogP contribution in [0.15, 0.2) is 24.3 Å². The molecule has 2 atom stereocenters. The molecule has 0 bridgehead atoms. The normalized spacial score (nSPS) is 25.0. The molecule has 22 heavy (non-hydrogen) atoms. The van der Waals surface area contributed by atoms with E-state index in [1.807, 2.05) is 24.3 Å². The SMILES string of the molecule is COc1cccc(C2(O)CCCCC2CNCC(=O)CCl)c1. The van der Waals surface area contributed by atoms with Crippen molar-refractivity contribution in [2.24, 2.45) is 5.92 Å². The molecule has 0 spiro atoms. The van der Waals surface area contributed by atoms with Gasteiger partial charge in [0.1, 0.15) is 5.75 Å². The van der Waals surface area contributed by atoms with Crippen LogP contribution in [-0.4, -0.2) is 37.0 Å². The van der Waals surface area contributed by atoms with Gasteiger partial charge in [0.05, 0.1) is 25.1 Å². The number of hydrogen-bond donors (Lipinski definition) is 2. The summed E-state index contributed by atoms with van der Waals surface area (Å²) >= 11 is 5.51. The summed E-state index contributed by atoms with van der Waals surface area (Å²) in [6, 6.07) is 7.64. The van der Waals surface area contributed by atoms with Crippen molar-refractivity contribution in [1.82, 2.24) is 5.32 Å². The fourth-order valence-corrected chi connectivity index (χ4v) is 3.30. The van der Waals surface area contributed by atoms with Crippen LogP contribution in [0.5, 0.6) is 5.75 Å². The number of hydrogen-bond acceptors (Lipinski definition) is 4. The predicted molar refractivity (Wildman–Crippen MR) is 87.4 cm³/mol. The lowest BCUT2D eigenvalue weighted by Crippen LogP contribution is -2.44. The van der Waals surface area contributed by atoms with Gasteiger partial charge >= 0.3 is 0 Å². The zero-order valence-electron chi connectivity index (χ0n) is 13.0. The molecule has 4 nitrogen and oxygen atoms in total. The van der Waals surface area contributed by atoms with Crippen molar-refractivity contribution in [2.75, 3.05) is 26.1 Å². The summed E-state index contributed by atoms with van der Waals surface area (Å²) in [5, 5.41) is 14.4. The summed E-state index contributed by atoms with van der Waals surface area (Å²) in [4.78, 5) is 11.3. The van der Waals surface area contributed by atoms with E-state index < -0.39 is 5.60 Å². The van der Waals surface area contributed by atoms with Crippen LogP contribution < -0.4 is 10.1 Å². The Morgan fingerprint density at radius 3 is 3.05 bits per heavy atom. The third-order valence-corrected chi connectivity index (χ3v) is 4.77. The second-order valence-corrected chi connectivity index (χ2v) is 6.17. The van der Waals surface area contributed by atoms with E-state index in [2.05, 4.69) is 5.32 Å². The summed E-state index contributed by atoms with van der Waals surface area (Å²) in [6.45, 7) is 0.866. The molecular formula is C17H24ClNO3. The molecular weight excluding hydrogens is 302 g/mol. The van der Waals surface area contributed by atoms with Gasteiger partial charge in [-0.15, -0.1) is 11.6 Å². The van der Waals surface area contributed by atoms with E-state index >= 15 is 0 Å². The highest BCUT2D eigenvalue weighted by molar-refractivity contribution is 6.27. The van der Waals surface area contributed by atoms with Gasteiger partial charge in [0, 0.05) is 12.5 Å². The number of rotatable bonds is 7. The maximum atomic E-state index is 11.3. The number of Topliss-reactive ketones (excluding diaryl/α,β-unsaturated/α-hetero) is 1. The Morgan fingerprint density at radius 2 is 2.32 bits per heavy atom. The van der Waals surface area contributed by atoms with Crippen molar-refractivity contribution in [3.8, 4) is 5.75 Å². The van der Waals surface area contributed by atoms with E-state index in [1.165, 1.54) is 0 Å². The molecule has 1 aromatic carbocycles. The largest absolute Gasteiger partial charge is 0.497 e. The number of ether oxygens (including phenoxy) is 1. The first kappa shape index (κ1) is 17.3. The Balaban J connectivity index is 2.11. The second kappa shape index (κ2) is 7.95. The average molecular weight is 326 g/mol. The van der Waals surface area contributed by atoms with Gasteiger partial charge < -0.3 is 15.2 Å². The summed E-state index contributed by atoms with van der Waals surface area (Å²) < 4.78 is 5.27. The molecule has 0 aromatic heterocycles. The van der Waals surface area contributed by atoms with Crippen molar-refractivity contribution < 1.29 is 14.6 Å². The lowest BCUT2D eigenvalue weighted by Gasteiger charge is -2.40. The van der Waals surface area contributed by atoms with Gasteiger partial charge in [-0.05, 0) is 30.5 Å². The van der Waals surface area contributed by atoms with Crippen LogP contribution in [0.25, 0.3) is 0 Å². The molecule has 0 saturated heterocycles. The molecule has 1 aromatic rings. The van der Waals surface area contributed by atoms with E-state index in [9.17, 15) is 9.90 Å². The van der Waals surface area contributed by atoms with Crippen LogP contribution in [0.4, 0.5) is 0 Å². The molecule has 1 aliphatic carbocycles. The molecule has 122 valence electrons. The van der Waals surface area contributed by atoms with Crippen LogP contribution in [0, 0.1) is 5.92 Å². The van der Waals surface area contributed by atoms with E-state index in [0.29, 0.717) is 6.54 Å². The molecule has 0 heterocycles. The maximum Gasteiger partial charge on any atom is 0.161 e. The van der Waals surface area contributed by atoms with Gasteiger partial charge in [-0.1, -0.05) is 25.0 Å². The summed E-state index contributed by atoms with van der Waals surface area (Å²) in [6.07, 6.45) is 3.78. The van der Waals surface area contributed by atoms with Gasteiger partial charge in [-0.25, -0.2) is 0 Å². The van der Waals surface area contributed by atoms with Gasteiger partial charge in [-0.2, -0.15) is 0 Å². The smallest absolute Gasteiger partial charge is 0.161 e. The molecule has 1 aliphatic rings. The molecule has 5 heteroatoms. The van der Waals surface area contributed by atoms with Crippen molar-refractivity contribution in [3.63, 3.8) is 0 Å². The minimum Gasteiger partial charge on any atom is -0.497 e. The number of ketones is 1. The monoisotopic (exact) mass is 325 g/mol. The molecule has 0 amide bonds. The first-order valence-electron chi connectivity index (χ1n) is 7.75. The number of carbonyl (C=O) groups is 1. The third kappa shape index (κ3) is 4.00. The van der Waals surface area contributed by atoms with Crippen LogP contribution in [0.2, 0.25) is 0 Å². The van der Waals surface area contributed by atoms with Gasteiger partial charge in [-0.3, -0.25) is 4.79 Å². The number of benzene rings is 1. The molecule has 1 fully saturated rings. The van der Waals surface area contributed by atoms with Crippen LogP contribution in [-0.2, 0) is 10.4 Å². The zero-order valence-corrected chi connectivity index (χ0v) is 13.7. The molecule has 1 saturated carbocycles. The summed E-state index contributed by atoms with van der Waals surface area (Å²) in [5.74, 6) is 0.831. The van der Waals surface area contributed by atoms with Crippen molar-refractivity contribution in [1.29, 1.82) is 0 Å². The fourth-order valence-electron chi connectivity index (χ4n) is 3.20. The standard InChI is InChI=1S/C17H24ClNO3/c1-22-16-7-4-6-13(9-16)17(21)8-3-2-5-14(17)11-19-12-15(20)10-18/h4,6-7,9,14,19,21H,2-3,5,8,10-12H2,1H3. The van der Waals surface area contributed by atoms with Gasteiger partial charge in [0.2, 0.25) is 0 Å². The Hall–Kier alpha value is -1.10. The highest BCUT2D eigenvalue weighted by Crippen LogP contribution is 2.42. The van der Waals surface area contributed by atoms with E-state index in [0.717, 1.165) is 37.0 Å². The first-order valence-corrected chi connectivity index (χ1v) is 8.29.